The van der Waals surface area contributed by atoms with Crippen LogP contribution < -0.4 is 0 Å². The Kier molecular flexibility index (Phi) is 4.42. The number of aromatic nitrogens is 3. The maximum atomic E-state index is 11.5. The van der Waals surface area contributed by atoms with E-state index in [0.717, 1.165) is 37.1 Å². The first-order valence-electron chi connectivity index (χ1n) is 7.67. The van der Waals surface area contributed by atoms with E-state index in [-0.39, 0.29) is 5.91 Å². The Labute approximate surface area is 130 Å². The van der Waals surface area contributed by atoms with Gasteiger partial charge in [0.1, 0.15) is 6.33 Å². The third kappa shape index (κ3) is 3.47. The molecule has 0 N–H and O–H groups in total. The number of likely N-dealkylation sites (tertiary alicyclic amines) is 1. The summed E-state index contributed by atoms with van der Waals surface area (Å²) in [6.07, 6.45) is 12.1. The fourth-order valence-corrected chi connectivity index (χ4v) is 3.06. The third-order valence-corrected chi connectivity index (χ3v) is 4.18. The molecule has 1 fully saturated rings. The smallest absolute Gasteiger partial charge is 0.219 e. The maximum absolute atomic E-state index is 11.5. The average molecular weight is 296 g/mol. The number of carbonyl (C=O) groups is 1. The summed E-state index contributed by atoms with van der Waals surface area (Å²) in [5.41, 5.74) is 3.22. The van der Waals surface area contributed by atoms with Gasteiger partial charge in [0.2, 0.25) is 5.91 Å². The molecule has 3 rings (SSSR count). The lowest BCUT2D eigenvalue weighted by Crippen LogP contribution is -2.39. The number of hydrogen-bond acceptors (Lipinski definition) is 4. The number of rotatable bonds is 3. The van der Waals surface area contributed by atoms with Crippen molar-refractivity contribution in [1.29, 1.82) is 0 Å². The summed E-state index contributed by atoms with van der Waals surface area (Å²) in [5.74, 6) is 0.694. The highest BCUT2D eigenvalue weighted by atomic mass is 16.2. The van der Waals surface area contributed by atoms with Gasteiger partial charge in [0, 0.05) is 55.9 Å². The van der Waals surface area contributed by atoms with Crippen molar-refractivity contribution in [2.24, 2.45) is 5.92 Å². The van der Waals surface area contributed by atoms with E-state index in [2.05, 4.69) is 21.0 Å². The minimum atomic E-state index is 0.179. The van der Waals surface area contributed by atoms with E-state index in [1.54, 1.807) is 19.3 Å². The molecule has 0 bridgehead atoms. The molecular weight excluding hydrogens is 276 g/mol. The van der Waals surface area contributed by atoms with Crippen molar-refractivity contribution in [3.05, 3.63) is 42.7 Å². The van der Waals surface area contributed by atoms with Crippen LogP contribution in [-0.4, -0.2) is 38.8 Å². The molecule has 1 aliphatic heterocycles. The third-order valence-electron chi connectivity index (χ3n) is 4.18. The largest absolute Gasteiger partial charge is 0.343 e. The SMILES string of the molecule is CC(=O)N1CCC[C@H](Cc2cncc(-c3cncnc3)c2)C1. The minimum Gasteiger partial charge on any atom is -0.343 e. The summed E-state index contributed by atoms with van der Waals surface area (Å²) in [5, 5.41) is 0. The number of pyridine rings is 1. The van der Waals surface area contributed by atoms with Crippen LogP contribution in [0.2, 0.25) is 0 Å². The van der Waals surface area contributed by atoms with Crippen LogP contribution in [-0.2, 0) is 11.2 Å². The van der Waals surface area contributed by atoms with Gasteiger partial charge in [-0.2, -0.15) is 0 Å². The van der Waals surface area contributed by atoms with Gasteiger partial charge in [0.25, 0.3) is 0 Å². The van der Waals surface area contributed by atoms with Gasteiger partial charge in [-0.25, -0.2) is 9.97 Å². The first-order valence-corrected chi connectivity index (χ1v) is 7.67. The van der Waals surface area contributed by atoms with Crippen LogP contribution in [0.25, 0.3) is 11.1 Å². The van der Waals surface area contributed by atoms with Gasteiger partial charge in [0.05, 0.1) is 0 Å². The molecule has 1 amide bonds. The zero-order chi connectivity index (χ0) is 15.4. The maximum Gasteiger partial charge on any atom is 0.219 e. The standard InChI is InChI=1S/C17H20N4O/c1-13(22)21-4-2-3-14(11-21)5-15-6-16(8-18-7-15)17-9-19-12-20-10-17/h6-10,12,14H,2-5,11H2,1H3/t14-/m1/s1. The minimum absolute atomic E-state index is 0.179. The summed E-state index contributed by atoms with van der Waals surface area (Å²) >= 11 is 0. The van der Waals surface area contributed by atoms with E-state index < -0.39 is 0 Å². The second-order valence-corrected chi connectivity index (χ2v) is 5.89. The number of hydrogen-bond donors (Lipinski definition) is 0. The Morgan fingerprint density at radius 3 is 2.73 bits per heavy atom. The molecule has 0 unspecified atom stereocenters. The highest BCUT2D eigenvalue weighted by Crippen LogP contribution is 2.23. The Bertz CT molecular complexity index is 644. The van der Waals surface area contributed by atoms with Gasteiger partial charge in [-0.1, -0.05) is 0 Å². The molecule has 114 valence electrons. The topological polar surface area (TPSA) is 59.0 Å². The first kappa shape index (κ1) is 14.6. The molecular formula is C17H20N4O. The van der Waals surface area contributed by atoms with Crippen LogP contribution >= 0.6 is 0 Å². The zero-order valence-electron chi connectivity index (χ0n) is 12.8. The molecule has 0 saturated carbocycles. The summed E-state index contributed by atoms with van der Waals surface area (Å²) in [6.45, 7) is 3.40. The first-order chi connectivity index (χ1) is 10.7. The van der Waals surface area contributed by atoms with E-state index in [1.807, 2.05) is 17.3 Å². The van der Waals surface area contributed by atoms with Crippen LogP contribution in [0.4, 0.5) is 0 Å². The lowest BCUT2D eigenvalue weighted by Gasteiger charge is -2.32. The van der Waals surface area contributed by atoms with Crippen molar-refractivity contribution in [2.45, 2.75) is 26.2 Å². The van der Waals surface area contributed by atoms with Crippen molar-refractivity contribution < 1.29 is 4.79 Å². The van der Waals surface area contributed by atoms with Gasteiger partial charge < -0.3 is 4.90 Å². The molecule has 0 aromatic carbocycles. The van der Waals surface area contributed by atoms with Crippen molar-refractivity contribution in [3.8, 4) is 11.1 Å². The summed E-state index contributed by atoms with van der Waals surface area (Å²) < 4.78 is 0. The van der Waals surface area contributed by atoms with E-state index in [0.29, 0.717) is 5.92 Å². The number of amides is 1. The second kappa shape index (κ2) is 6.64. The Hall–Kier alpha value is -2.30. The molecule has 3 heterocycles. The molecule has 5 heteroatoms. The Morgan fingerprint density at radius 1 is 1.18 bits per heavy atom. The lowest BCUT2D eigenvalue weighted by molar-refractivity contribution is -0.130. The van der Waals surface area contributed by atoms with Crippen LogP contribution in [0.1, 0.15) is 25.3 Å². The molecule has 0 radical (unpaired) electrons. The second-order valence-electron chi connectivity index (χ2n) is 5.89. The number of carbonyl (C=O) groups excluding carboxylic acids is 1. The highest BCUT2D eigenvalue weighted by molar-refractivity contribution is 5.73. The normalized spacial score (nSPS) is 18.2. The van der Waals surface area contributed by atoms with Crippen LogP contribution in [0, 0.1) is 5.92 Å². The molecule has 22 heavy (non-hydrogen) atoms. The predicted molar refractivity (Wildman–Crippen MR) is 83.9 cm³/mol. The van der Waals surface area contributed by atoms with Gasteiger partial charge in [-0.15, -0.1) is 0 Å². The monoisotopic (exact) mass is 296 g/mol. The lowest BCUT2D eigenvalue weighted by atomic mass is 9.91. The van der Waals surface area contributed by atoms with E-state index >= 15 is 0 Å². The molecule has 5 nitrogen and oxygen atoms in total. The molecule has 0 spiro atoms. The number of nitrogens with zero attached hydrogens (tertiary/aromatic N) is 4. The van der Waals surface area contributed by atoms with Gasteiger partial charge in [-0.3, -0.25) is 9.78 Å². The van der Waals surface area contributed by atoms with Crippen molar-refractivity contribution in [2.75, 3.05) is 13.1 Å². The predicted octanol–water partition coefficient (Wildman–Crippen LogP) is 2.34. The molecule has 1 aliphatic rings. The Balaban J connectivity index is 1.72. The van der Waals surface area contributed by atoms with Crippen LogP contribution in [0.3, 0.4) is 0 Å². The fraction of sp³-hybridized carbons (Fsp3) is 0.412. The molecule has 2 aromatic heterocycles. The molecule has 0 aliphatic carbocycles. The van der Waals surface area contributed by atoms with Gasteiger partial charge in [0.15, 0.2) is 0 Å². The zero-order valence-corrected chi connectivity index (χ0v) is 12.8. The summed E-state index contributed by atoms with van der Waals surface area (Å²) in [7, 11) is 0. The average Bonchev–Trinajstić information content (AvgIpc) is 2.56. The number of piperidine rings is 1. The van der Waals surface area contributed by atoms with Crippen molar-refractivity contribution in [3.63, 3.8) is 0 Å². The van der Waals surface area contributed by atoms with Gasteiger partial charge in [-0.05, 0) is 36.8 Å². The fourth-order valence-electron chi connectivity index (χ4n) is 3.06. The van der Waals surface area contributed by atoms with Crippen LogP contribution in [0.5, 0.6) is 0 Å². The van der Waals surface area contributed by atoms with Crippen molar-refractivity contribution >= 4 is 5.91 Å². The quantitative estimate of drug-likeness (QED) is 0.872. The molecule has 1 atom stereocenters. The Morgan fingerprint density at radius 2 is 1.95 bits per heavy atom. The van der Waals surface area contributed by atoms with E-state index in [9.17, 15) is 4.79 Å². The molecule has 2 aromatic rings. The highest BCUT2D eigenvalue weighted by Gasteiger charge is 2.21. The van der Waals surface area contributed by atoms with E-state index in [1.165, 1.54) is 18.3 Å². The van der Waals surface area contributed by atoms with Gasteiger partial charge >= 0.3 is 0 Å². The summed E-state index contributed by atoms with van der Waals surface area (Å²) in [4.78, 5) is 25.9. The van der Waals surface area contributed by atoms with Crippen LogP contribution in [0.15, 0.2) is 37.2 Å². The van der Waals surface area contributed by atoms with Crippen molar-refractivity contribution in [1.82, 2.24) is 19.9 Å². The summed E-state index contributed by atoms with van der Waals surface area (Å²) in [6, 6.07) is 2.15. The van der Waals surface area contributed by atoms with E-state index in [4.69, 9.17) is 0 Å². The molecule has 1 saturated heterocycles.